The number of esters is 1. The lowest BCUT2D eigenvalue weighted by Gasteiger charge is -2.37. The lowest BCUT2D eigenvalue weighted by molar-refractivity contribution is -0.141. The van der Waals surface area contributed by atoms with Crippen LogP contribution in [0.4, 0.5) is 10.5 Å². The monoisotopic (exact) mass is 592 g/mol. The largest absolute Gasteiger partial charge is 0.465 e. The molecule has 1 aliphatic rings. The van der Waals surface area contributed by atoms with Crippen LogP contribution in [0, 0.1) is 5.41 Å². The number of amides is 3. The molecule has 43 heavy (non-hydrogen) atoms. The highest BCUT2D eigenvalue weighted by molar-refractivity contribution is 6.01. The van der Waals surface area contributed by atoms with Crippen molar-refractivity contribution in [3.05, 3.63) is 76.2 Å². The minimum absolute atomic E-state index is 0.00232. The van der Waals surface area contributed by atoms with Crippen molar-refractivity contribution in [2.45, 2.75) is 78.2 Å². The van der Waals surface area contributed by atoms with Crippen LogP contribution in [0.25, 0.3) is 10.4 Å². The quantitative estimate of drug-likeness (QED) is 0.192. The summed E-state index contributed by atoms with van der Waals surface area (Å²) in [6, 6.07) is 13.1. The lowest BCUT2D eigenvalue weighted by Crippen LogP contribution is -2.58. The Morgan fingerprint density at radius 2 is 1.67 bits per heavy atom. The highest BCUT2D eigenvalue weighted by Gasteiger charge is 2.46. The number of hydrogen-bond acceptors (Lipinski definition) is 7. The fraction of sp³-hybridized carbons (Fsp3) is 0.484. The molecule has 12 heteroatoms. The zero-order chi connectivity index (χ0) is 31.9. The van der Waals surface area contributed by atoms with Gasteiger partial charge >= 0.3 is 12.1 Å². The van der Waals surface area contributed by atoms with Crippen LogP contribution in [0.1, 0.15) is 63.9 Å². The number of anilines is 1. The molecule has 1 heterocycles. The molecule has 1 aliphatic heterocycles. The number of alkyl carbamates (subject to hydrolysis) is 1. The minimum atomic E-state index is -1.04. The van der Waals surface area contributed by atoms with Crippen LogP contribution in [-0.2, 0) is 25.6 Å². The molecule has 0 aliphatic carbocycles. The van der Waals surface area contributed by atoms with E-state index in [9.17, 15) is 19.2 Å². The third kappa shape index (κ3) is 8.71. The van der Waals surface area contributed by atoms with Crippen molar-refractivity contribution in [2.24, 2.45) is 10.5 Å². The van der Waals surface area contributed by atoms with E-state index in [0.29, 0.717) is 11.3 Å². The molecule has 2 aromatic carbocycles. The summed E-state index contributed by atoms with van der Waals surface area (Å²) < 4.78 is 10.2. The Morgan fingerprint density at radius 1 is 1.05 bits per heavy atom. The summed E-state index contributed by atoms with van der Waals surface area (Å²) in [6.45, 7) is 10.8. The second kappa shape index (κ2) is 13.6. The second-order valence-electron chi connectivity index (χ2n) is 12.5. The van der Waals surface area contributed by atoms with Crippen LogP contribution in [0.3, 0.4) is 0 Å². The summed E-state index contributed by atoms with van der Waals surface area (Å²) >= 11 is 0. The number of rotatable bonds is 8. The first-order valence-corrected chi connectivity index (χ1v) is 14.0. The van der Waals surface area contributed by atoms with Crippen LogP contribution in [-0.4, -0.2) is 66.2 Å². The third-order valence-corrected chi connectivity index (χ3v) is 6.89. The predicted octanol–water partition coefficient (Wildman–Crippen LogP) is 5.23. The van der Waals surface area contributed by atoms with Gasteiger partial charge in [-0.2, -0.15) is 0 Å². The van der Waals surface area contributed by atoms with Crippen molar-refractivity contribution in [1.29, 1.82) is 0 Å². The molecule has 0 unspecified atom stereocenters. The van der Waals surface area contributed by atoms with Crippen molar-refractivity contribution in [2.75, 3.05) is 18.6 Å². The first kappa shape index (κ1) is 32.9. The second-order valence-corrected chi connectivity index (χ2v) is 12.5. The average Bonchev–Trinajstić information content (AvgIpc) is 3.37. The molecule has 1 fully saturated rings. The molecule has 1 saturated heterocycles. The maximum Gasteiger partial charge on any atom is 0.408 e. The number of carbonyl (C=O) groups excluding carboxylic acids is 4. The highest BCUT2D eigenvalue weighted by atomic mass is 16.6. The van der Waals surface area contributed by atoms with Gasteiger partial charge in [-0.25, -0.2) is 9.59 Å². The van der Waals surface area contributed by atoms with E-state index < -0.39 is 53.0 Å². The normalized spacial score (nSPS) is 17.3. The van der Waals surface area contributed by atoms with Crippen LogP contribution < -0.4 is 10.2 Å². The maximum atomic E-state index is 14.4. The van der Waals surface area contributed by atoms with E-state index in [4.69, 9.17) is 15.0 Å². The smallest absolute Gasteiger partial charge is 0.408 e. The summed E-state index contributed by atoms with van der Waals surface area (Å²) in [6.07, 6.45) is -0.658. The number of nitrogens with zero attached hydrogens (tertiary/aromatic N) is 5. The van der Waals surface area contributed by atoms with Gasteiger partial charge in [0, 0.05) is 17.1 Å². The van der Waals surface area contributed by atoms with Crippen molar-refractivity contribution >= 4 is 29.6 Å². The van der Waals surface area contributed by atoms with Gasteiger partial charge in [0.05, 0.1) is 25.3 Å². The van der Waals surface area contributed by atoms with Gasteiger partial charge in [0.2, 0.25) is 11.8 Å². The zero-order valence-corrected chi connectivity index (χ0v) is 25.7. The number of hydrogen-bond donors (Lipinski definition) is 1. The Labute approximate surface area is 251 Å². The van der Waals surface area contributed by atoms with Crippen LogP contribution >= 0.6 is 0 Å². The van der Waals surface area contributed by atoms with Gasteiger partial charge in [0.15, 0.2) is 0 Å². The average molecular weight is 593 g/mol. The molecular weight excluding hydrogens is 552 g/mol. The van der Waals surface area contributed by atoms with E-state index in [1.807, 2.05) is 30.3 Å². The SMILES string of the molecule is COC(=O)c1ccc(N(Cc2ccccc2)C(=O)[C@@H]2C[C@@H](N=[N+]=[N-])CN2C(=O)[C@@H](NC(=O)OC(C)(C)C)C(C)(C)C)cc1. The summed E-state index contributed by atoms with van der Waals surface area (Å²) in [4.78, 5) is 59.1. The Kier molecular flexibility index (Phi) is 10.4. The first-order valence-electron chi connectivity index (χ1n) is 14.0. The van der Waals surface area contributed by atoms with Crippen molar-refractivity contribution in [3.8, 4) is 0 Å². The number of nitrogens with one attached hydrogen (secondary N) is 1. The van der Waals surface area contributed by atoms with Gasteiger partial charge in [-0.05, 0) is 68.0 Å². The molecule has 12 nitrogen and oxygen atoms in total. The molecule has 3 amide bonds. The Morgan fingerprint density at radius 3 is 2.21 bits per heavy atom. The van der Waals surface area contributed by atoms with Crippen molar-refractivity contribution in [1.82, 2.24) is 10.2 Å². The van der Waals surface area contributed by atoms with Gasteiger partial charge in [-0.3, -0.25) is 9.59 Å². The molecule has 0 radical (unpaired) electrons. The molecular formula is C31H40N6O6. The van der Waals surface area contributed by atoms with E-state index in [2.05, 4.69) is 15.3 Å². The van der Waals surface area contributed by atoms with Crippen LogP contribution in [0.2, 0.25) is 0 Å². The number of methoxy groups -OCH3 is 1. The fourth-order valence-corrected chi connectivity index (χ4v) is 4.83. The topological polar surface area (TPSA) is 154 Å². The van der Waals surface area contributed by atoms with Gasteiger partial charge < -0.3 is 24.6 Å². The maximum absolute atomic E-state index is 14.4. The molecule has 0 aromatic heterocycles. The van der Waals surface area contributed by atoms with E-state index >= 15 is 0 Å². The van der Waals surface area contributed by atoms with Gasteiger partial charge in [0.25, 0.3) is 0 Å². The van der Waals surface area contributed by atoms with Crippen LogP contribution in [0.5, 0.6) is 0 Å². The van der Waals surface area contributed by atoms with Gasteiger partial charge in [0.1, 0.15) is 17.7 Å². The van der Waals surface area contributed by atoms with E-state index in [1.165, 1.54) is 16.9 Å². The number of carbonyl (C=O) groups is 4. The number of benzene rings is 2. The summed E-state index contributed by atoms with van der Waals surface area (Å²) in [5.41, 5.74) is 9.30. The highest BCUT2D eigenvalue weighted by Crippen LogP contribution is 2.30. The van der Waals surface area contributed by atoms with Crippen molar-refractivity contribution in [3.63, 3.8) is 0 Å². The summed E-state index contributed by atoms with van der Waals surface area (Å²) in [7, 11) is 1.29. The van der Waals surface area contributed by atoms with Gasteiger partial charge in [-0.1, -0.05) is 56.2 Å². The molecule has 3 atom stereocenters. The standard InChI is InChI=1S/C31H40N6O6/c1-30(2,3)25(33-29(41)43-31(4,5)6)27(39)37-19-22(34-35-32)17-24(37)26(38)36(18-20-11-9-8-10-12-20)23-15-13-21(14-16-23)28(40)42-7/h8-16,22,24-25H,17-19H2,1-7H3,(H,33,41)/t22-,24+,25-/m1/s1. The molecule has 3 rings (SSSR count). The molecule has 2 aromatic rings. The third-order valence-electron chi connectivity index (χ3n) is 6.89. The molecule has 1 N–H and O–H groups in total. The minimum Gasteiger partial charge on any atom is -0.465 e. The van der Waals surface area contributed by atoms with Crippen LogP contribution in [0.15, 0.2) is 59.7 Å². The number of ether oxygens (including phenoxy) is 2. The molecule has 0 saturated carbocycles. The zero-order valence-electron chi connectivity index (χ0n) is 25.7. The molecule has 0 bridgehead atoms. The predicted molar refractivity (Wildman–Crippen MR) is 161 cm³/mol. The van der Waals surface area contributed by atoms with Gasteiger partial charge in [-0.15, -0.1) is 0 Å². The lowest BCUT2D eigenvalue weighted by atomic mass is 9.85. The van der Waals surface area contributed by atoms with E-state index in [-0.39, 0.29) is 19.5 Å². The number of azide groups is 1. The Hall–Kier alpha value is -4.57. The Bertz CT molecular complexity index is 1360. The van der Waals surface area contributed by atoms with E-state index in [1.54, 1.807) is 65.8 Å². The molecule has 230 valence electrons. The van der Waals surface area contributed by atoms with Crippen molar-refractivity contribution < 1.29 is 28.7 Å². The Balaban J connectivity index is 2.01. The van der Waals surface area contributed by atoms with E-state index in [0.717, 1.165) is 5.56 Å². The first-order chi connectivity index (χ1) is 20.1. The number of likely N-dealkylation sites (tertiary alicyclic amines) is 1. The molecule has 0 spiro atoms. The fourth-order valence-electron chi connectivity index (χ4n) is 4.83. The summed E-state index contributed by atoms with van der Waals surface area (Å²) in [5.74, 6) is -1.40. The summed E-state index contributed by atoms with van der Waals surface area (Å²) in [5, 5.41) is 6.52.